The fourth-order valence-corrected chi connectivity index (χ4v) is 3.25. The molecule has 7 heteroatoms. The SMILES string of the molecule is Cc1nc2c(C)cccn2c1C(=O)NCCCC(=O)Nc1ccc(OCC(C)C)cc1. The zero-order valence-electron chi connectivity index (χ0n) is 18.6. The summed E-state index contributed by atoms with van der Waals surface area (Å²) < 4.78 is 7.45. The Hall–Kier alpha value is -3.35. The minimum absolute atomic E-state index is 0.0910. The topological polar surface area (TPSA) is 84.7 Å². The van der Waals surface area contributed by atoms with Crippen LogP contribution in [0.1, 0.15) is 48.4 Å². The van der Waals surface area contributed by atoms with Gasteiger partial charge >= 0.3 is 0 Å². The van der Waals surface area contributed by atoms with Crippen molar-refractivity contribution in [2.24, 2.45) is 5.92 Å². The number of nitrogens with zero attached hydrogens (tertiary/aromatic N) is 2. The second-order valence-corrected chi connectivity index (χ2v) is 8.07. The van der Waals surface area contributed by atoms with E-state index in [4.69, 9.17) is 4.74 Å². The molecule has 3 rings (SSSR count). The normalized spacial score (nSPS) is 11.0. The van der Waals surface area contributed by atoms with Gasteiger partial charge < -0.3 is 15.4 Å². The van der Waals surface area contributed by atoms with Crippen LogP contribution in [0.3, 0.4) is 0 Å². The van der Waals surface area contributed by atoms with Crippen LogP contribution >= 0.6 is 0 Å². The third kappa shape index (κ3) is 5.84. The average Bonchev–Trinajstić information content (AvgIpc) is 3.08. The molecule has 0 aliphatic heterocycles. The zero-order chi connectivity index (χ0) is 22.4. The van der Waals surface area contributed by atoms with Crippen LogP contribution in [0.5, 0.6) is 5.75 Å². The lowest BCUT2D eigenvalue weighted by Crippen LogP contribution is -2.27. The Morgan fingerprint density at radius 1 is 1.13 bits per heavy atom. The quantitative estimate of drug-likeness (QED) is 0.508. The fourth-order valence-electron chi connectivity index (χ4n) is 3.25. The predicted molar refractivity (Wildman–Crippen MR) is 122 cm³/mol. The Bertz CT molecular complexity index is 1050. The van der Waals surface area contributed by atoms with Gasteiger partial charge in [-0.3, -0.25) is 14.0 Å². The molecule has 0 unspecified atom stereocenters. The summed E-state index contributed by atoms with van der Waals surface area (Å²) in [6, 6.07) is 11.2. The van der Waals surface area contributed by atoms with Crippen molar-refractivity contribution in [3.63, 3.8) is 0 Å². The summed E-state index contributed by atoms with van der Waals surface area (Å²) in [6.45, 7) is 9.05. The molecule has 0 aliphatic carbocycles. The maximum atomic E-state index is 12.6. The summed E-state index contributed by atoms with van der Waals surface area (Å²) in [5.41, 5.74) is 3.74. The van der Waals surface area contributed by atoms with Crippen molar-refractivity contribution in [3.05, 3.63) is 59.5 Å². The van der Waals surface area contributed by atoms with E-state index in [-0.39, 0.29) is 11.8 Å². The summed E-state index contributed by atoms with van der Waals surface area (Å²) in [5, 5.41) is 5.76. The number of fused-ring (bicyclic) bond motifs is 1. The number of nitrogens with one attached hydrogen (secondary N) is 2. The Morgan fingerprint density at radius 2 is 1.87 bits per heavy atom. The van der Waals surface area contributed by atoms with Crippen LogP contribution in [-0.4, -0.2) is 34.4 Å². The number of hydrogen-bond acceptors (Lipinski definition) is 4. The van der Waals surface area contributed by atoms with Gasteiger partial charge in [0.2, 0.25) is 5.91 Å². The van der Waals surface area contributed by atoms with Gasteiger partial charge in [-0.2, -0.15) is 0 Å². The van der Waals surface area contributed by atoms with Crippen molar-refractivity contribution in [1.82, 2.24) is 14.7 Å². The summed E-state index contributed by atoms with van der Waals surface area (Å²) >= 11 is 0. The molecule has 2 heterocycles. The van der Waals surface area contributed by atoms with Crippen molar-refractivity contribution in [2.45, 2.75) is 40.5 Å². The fraction of sp³-hybridized carbons (Fsp3) is 0.375. The maximum absolute atomic E-state index is 12.6. The van der Waals surface area contributed by atoms with E-state index in [1.54, 1.807) is 4.40 Å². The van der Waals surface area contributed by atoms with E-state index in [1.165, 1.54) is 0 Å². The van der Waals surface area contributed by atoms with Gasteiger partial charge in [-0.1, -0.05) is 19.9 Å². The number of aromatic nitrogens is 2. The molecular weight excluding hydrogens is 392 g/mol. The molecule has 0 saturated carbocycles. The number of pyridine rings is 1. The molecule has 2 amide bonds. The van der Waals surface area contributed by atoms with Gasteiger partial charge in [0.15, 0.2) is 0 Å². The van der Waals surface area contributed by atoms with Gasteiger partial charge in [-0.05, 0) is 62.1 Å². The molecule has 1 aromatic carbocycles. The summed E-state index contributed by atoms with van der Waals surface area (Å²) in [4.78, 5) is 29.3. The highest BCUT2D eigenvalue weighted by Crippen LogP contribution is 2.17. The summed E-state index contributed by atoms with van der Waals surface area (Å²) in [5.74, 6) is 0.965. The van der Waals surface area contributed by atoms with Crippen LogP contribution < -0.4 is 15.4 Å². The Kier molecular flexibility index (Phi) is 7.28. The lowest BCUT2D eigenvalue weighted by Gasteiger charge is -2.10. The highest BCUT2D eigenvalue weighted by Gasteiger charge is 2.17. The molecule has 2 aromatic heterocycles. The third-order valence-electron chi connectivity index (χ3n) is 4.82. The number of benzene rings is 1. The van der Waals surface area contributed by atoms with Gasteiger partial charge in [-0.15, -0.1) is 0 Å². The van der Waals surface area contributed by atoms with Crippen molar-refractivity contribution < 1.29 is 14.3 Å². The van der Waals surface area contributed by atoms with E-state index >= 15 is 0 Å². The molecule has 7 nitrogen and oxygen atoms in total. The number of imidazole rings is 1. The van der Waals surface area contributed by atoms with Crippen molar-refractivity contribution in [2.75, 3.05) is 18.5 Å². The lowest BCUT2D eigenvalue weighted by molar-refractivity contribution is -0.116. The molecule has 3 aromatic rings. The molecule has 0 bridgehead atoms. The summed E-state index contributed by atoms with van der Waals surface area (Å²) in [6.07, 6.45) is 2.70. The van der Waals surface area contributed by atoms with Crippen LogP contribution in [0.4, 0.5) is 5.69 Å². The second kappa shape index (κ2) is 10.1. The number of amides is 2. The van der Waals surface area contributed by atoms with E-state index in [0.29, 0.717) is 43.3 Å². The molecule has 0 saturated heterocycles. The molecule has 0 atom stereocenters. The molecule has 0 spiro atoms. The molecular formula is C24H30N4O3. The summed E-state index contributed by atoms with van der Waals surface area (Å²) in [7, 11) is 0. The minimum atomic E-state index is -0.187. The highest BCUT2D eigenvalue weighted by molar-refractivity contribution is 5.95. The Balaban J connectivity index is 1.44. The monoisotopic (exact) mass is 422 g/mol. The first-order valence-electron chi connectivity index (χ1n) is 10.6. The number of hydrogen-bond donors (Lipinski definition) is 2. The Labute approximate surface area is 182 Å². The molecule has 0 radical (unpaired) electrons. The number of aryl methyl sites for hydroxylation is 2. The molecule has 164 valence electrons. The number of ether oxygens (including phenoxy) is 1. The van der Waals surface area contributed by atoms with Crippen LogP contribution in [-0.2, 0) is 4.79 Å². The first-order valence-corrected chi connectivity index (χ1v) is 10.6. The van der Waals surface area contributed by atoms with Gasteiger partial charge in [0.05, 0.1) is 12.3 Å². The minimum Gasteiger partial charge on any atom is -0.493 e. The van der Waals surface area contributed by atoms with Crippen molar-refractivity contribution >= 4 is 23.1 Å². The number of carbonyl (C=O) groups is 2. The largest absolute Gasteiger partial charge is 0.493 e. The standard InChI is InChI=1S/C24H30N4O3/c1-16(2)15-31-20-11-9-19(10-12-20)27-21(29)8-5-13-25-24(30)22-18(4)26-23-17(3)7-6-14-28(22)23/h6-7,9-12,14,16H,5,8,13,15H2,1-4H3,(H,25,30)(H,27,29). The van der Waals surface area contributed by atoms with Gasteiger partial charge in [0, 0.05) is 24.8 Å². The van der Waals surface area contributed by atoms with Crippen LogP contribution in [0.15, 0.2) is 42.6 Å². The molecule has 31 heavy (non-hydrogen) atoms. The van der Waals surface area contributed by atoms with Crippen LogP contribution in [0.2, 0.25) is 0 Å². The van der Waals surface area contributed by atoms with Crippen LogP contribution in [0, 0.1) is 19.8 Å². The smallest absolute Gasteiger partial charge is 0.270 e. The van der Waals surface area contributed by atoms with Crippen molar-refractivity contribution in [3.8, 4) is 5.75 Å². The van der Waals surface area contributed by atoms with Gasteiger partial charge in [0.25, 0.3) is 5.91 Å². The first-order chi connectivity index (χ1) is 14.8. The van der Waals surface area contributed by atoms with E-state index in [9.17, 15) is 9.59 Å². The first kappa shape index (κ1) is 22.3. The third-order valence-corrected chi connectivity index (χ3v) is 4.82. The molecule has 0 fully saturated rings. The molecule has 0 aliphatic rings. The average molecular weight is 423 g/mol. The Morgan fingerprint density at radius 3 is 2.58 bits per heavy atom. The lowest BCUT2D eigenvalue weighted by atomic mass is 10.2. The van der Waals surface area contributed by atoms with E-state index < -0.39 is 0 Å². The van der Waals surface area contributed by atoms with E-state index in [2.05, 4.69) is 29.5 Å². The zero-order valence-corrected chi connectivity index (χ0v) is 18.6. The maximum Gasteiger partial charge on any atom is 0.270 e. The molecule has 2 N–H and O–H groups in total. The van der Waals surface area contributed by atoms with Gasteiger partial charge in [-0.25, -0.2) is 4.98 Å². The number of carbonyl (C=O) groups excluding carboxylic acids is 2. The number of rotatable bonds is 9. The highest BCUT2D eigenvalue weighted by atomic mass is 16.5. The van der Waals surface area contributed by atoms with E-state index in [0.717, 1.165) is 22.6 Å². The predicted octanol–water partition coefficient (Wildman–Crippen LogP) is 4.13. The van der Waals surface area contributed by atoms with Crippen molar-refractivity contribution in [1.29, 1.82) is 0 Å². The van der Waals surface area contributed by atoms with Gasteiger partial charge in [0.1, 0.15) is 17.1 Å². The number of anilines is 1. The second-order valence-electron chi connectivity index (χ2n) is 8.07. The van der Waals surface area contributed by atoms with E-state index in [1.807, 2.05) is 56.4 Å². The van der Waals surface area contributed by atoms with Crippen LogP contribution in [0.25, 0.3) is 5.65 Å².